The Balaban J connectivity index is 1.63. The van der Waals surface area contributed by atoms with E-state index in [0.29, 0.717) is 30.8 Å². The molecule has 10 heteroatoms. The molecule has 0 saturated carbocycles. The standard InChI is InChI=1S/C20H23F3N6O/c1-3-14-11-17(20(21,22)23)29-18(25-14)12-15(26-29)16-6-4-8-27(16)19(30)10-13(2)28-9-5-7-24-28/h5,7,9,11-13,16H,3-4,6,8,10H2,1-2H3/t13-,16-/m1/s1. The van der Waals surface area contributed by atoms with Gasteiger partial charge in [-0.05, 0) is 38.3 Å². The first kappa shape index (κ1) is 20.4. The highest BCUT2D eigenvalue weighted by Gasteiger charge is 2.37. The van der Waals surface area contributed by atoms with Crippen molar-refractivity contribution in [2.75, 3.05) is 6.54 Å². The predicted octanol–water partition coefficient (Wildman–Crippen LogP) is 3.82. The lowest BCUT2D eigenvalue weighted by atomic mass is 10.1. The number of hydrogen-bond acceptors (Lipinski definition) is 4. The van der Waals surface area contributed by atoms with Crippen LogP contribution < -0.4 is 0 Å². The van der Waals surface area contributed by atoms with Crippen LogP contribution in [0.15, 0.2) is 30.6 Å². The van der Waals surface area contributed by atoms with Gasteiger partial charge >= 0.3 is 6.18 Å². The summed E-state index contributed by atoms with van der Waals surface area (Å²) >= 11 is 0. The molecule has 1 saturated heterocycles. The molecule has 0 aliphatic carbocycles. The van der Waals surface area contributed by atoms with Gasteiger partial charge in [0.2, 0.25) is 5.91 Å². The van der Waals surface area contributed by atoms with Crippen LogP contribution in [-0.4, -0.2) is 41.7 Å². The van der Waals surface area contributed by atoms with E-state index in [1.165, 1.54) is 0 Å². The van der Waals surface area contributed by atoms with Gasteiger partial charge in [0, 0.05) is 37.1 Å². The van der Waals surface area contributed by atoms with Crippen LogP contribution in [0.1, 0.15) is 62.3 Å². The van der Waals surface area contributed by atoms with E-state index in [2.05, 4.69) is 15.2 Å². The van der Waals surface area contributed by atoms with Crippen LogP contribution >= 0.6 is 0 Å². The van der Waals surface area contributed by atoms with Crippen molar-refractivity contribution in [3.8, 4) is 0 Å². The van der Waals surface area contributed by atoms with Crippen molar-refractivity contribution in [3.05, 3.63) is 47.7 Å². The van der Waals surface area contributed by atoms with Crippen molar-refractivity contribution in [2.45, 2.75) is 57.8 Å². The van der Waals surface area contributed by atoms with Gasteiger partial charge in [-0.25, -0.2) is 9.50 Å². The second kappa shape index (κ2) is 7.73. The number of halogens is 3. The molecule has 7 nitrogen and oxygen atoms in total. The molecule has 0 unspecified atom stereocenters. The van der Waals surface area contributed by atoms with Gasteiger partial charge in [-0.3, -0.25) is 9.48 Å². The van der Waals surface area contributed by atoms with E-state index < -0.39 is 11.9 Å². The summed E-state index contributed by atoms with van der Waals surface area (Å²) in [5, 5.41) is 8.39. The topological polar surface area (TPSA) is 68.3 Å². The lowest BCUT2D eigenvalue weighted by Crippen LogP contribution is -2.32. The van der Waals surface area contributed by atoms with Crippen molar-refractivity contribution in [1.82, 2.24) is 29.3 Å². The number of fused-ring (bicyclic) bond motifs is 1. The van der Waals surface area contributed by atoms with Crippen LogP contribution in [0, 0.1) is 0 Å². The molecule has 4 rings (SSSR count). The molecule has 0 bridgehead atoms. The van der Waals surface area contributed by atoms with E-state index in [1.54, 1.807) is 41.0 Å². The number of carbonyl (C=O) groups is 1. The lowest BCUT2D eigenvalue weighted by molar-refractivity contribution is -0.142. The number of aromatic nitrogens is 5. The quantitative estimate of drug-likeness (QED) is 0.629. The van der Waals surface area contributed by atoms with Crippen LogP contribution in [-0.2, 0) is 17.4 Å². The molecule has 1 aliphatic heterocycles. The molecule has 0 aromatic carbocycles. The highest BCUT2D eigenvalue weighted by atomic mass is 19.4. The number of hydrogen-bond donors (Lipinski definition) is 0. The average Bonchev–Trinajstić information content (AvgIpc) is 3.45. The maximum atomic E-state index is 13.5. The van der Waals surface area contributed by atoms with Gasteiger partial charge in [0.25, 0.3) is 0 Å². The second-order valence-electron chi connectivity index (χ2n) is 7.61. The van der Waals surface area contributed by atoms with Crippen molar-refractivity contribution in [1.29, 1.82) is 0 Å². The summed E-state index contributed by atoms with van der Waals surface area (Å²) < 4.78 is 43.2. The van der Waals surface area contributed by atoms with Gasteiger partial charge < -0.3 is 4.90 Å². The first-order valence-corrected chi connectivity index (χ1v) is 10.0. The first-order chi connectivity index (χ1) is 14.3. The Hall–Kier alpha value is -2.91. The smallest absolute Gasteiger partial charge is 0.334 e. The maximum Gasteiger partial charge on any atom is 0.433 e. The van der Waals surface area contributed by atoms with Crippen molar-refractivity contribution >= 4 is 11.6 Å². The third-order valence-electron chi connectivity index (χ3n) is 5.51. The molecular formula is C20H23F3N6O. The molecule has 30 heavy (non-hydrogen) atoms. The fourth-order valence-electron chi connectivity index (χ4n) is 3.97. The fourth-order valence-corrected chi connectivity index (χ4v) is 3.97. The Bertz CT molecular complexity index is 1040. The zero-order valence-corrected chi connectivity index (χ0v) is 16.8. The maximum absolute atomic E-state index is 13.5. The summed E-state index contributed by atoms with van der Waals surface area (Å²) in [6.07, 6.45) is 1.01. The molecule has 3 aromatic heterocycles. The van der Waals surface area contributed by atoms with Gasteiger partial charge in [0.1, 0.15) is 5.69 Å². The Kier molecular flexibility index (Phi) is 5.25. The normalized spacial score (nSPS) is 18.3. The lowest BCUT2D eigenvalue weighted by Gasteiger charge is -2.25. The van der Waals surface area contributed by atoms with E-state index in [0.717, 1.165) is 17.0 Å². The minimum atomic E-state index is -4.54. The number of rotatable bonds is 5. The molecular weight excluding hydrogens is 397 g/mol. The number of alkyl halides is 3. The third-order valence-corrected chi connectivity index (χ3v) is 5.51. The minimum absolute atomic E-state index is 0.0594. The Morgan fingerprint density at radius 1 is 1.33 bits per heavy atom. The van der Waals surface area contributed by atoms with Crippen LogP contribution in [0.4, 0.5) is 13.2 Å². The summed E-state index contributed by atoms with van der Waals surface area (Å²) in [6.45, 7) is 4.23. The van der Waals surface area contributed by atoms with Gasteiger partial charge in [0.15, 0.2) is 5.65 Å². The monoisotopic (exact) mass is 420 g/mol. The summed E-state index contributed by atoms with van der Waals surface area (Å²) in [5.74, 6) is -0.0594. The third kappa shape index (κ3) is 3.78. The Labute approximate surface area is 171 Å². The van der Waals surface area contributed by atoms with E-state index in [-0.39, 0.29) is 30.1 Å². The zero-order valence-electron chi connectivity index (χ0n) is 16.8. The number of likely N-dealkylation sites (tertiary alicyclic amines) is 1. The number of nitrogens with zero attached hydrogens (tertiary/aromatic N) is 6. The summed E-state index contributed by atoms with van der Waals surface area (Å²) in [4.78, 5) is 18.9. The van der Waals surface area contributed by atoms with E-state index in [4.69, 9.17) is 0 Å². The summed E-state index contributed by atoms with van der Waals surface area (Å²) in [5.41, 5.74) is 0.104. The highest BCUT2D eigenvalue weighted by molar-refractivity contribution is 5.77. The average molecular weight is 420 g/mol. The van der Waals surface area contributed by atoms with Crippen molar-refractivity contribution in [3.63, 3.8) is 0 Å². The van der Waals surface area contributed by atoms with E-state index in [9.17, 15) is 18.0 Å². The molecule has 0 radical (unpaired) electrons. The molecule has 1 aliphatic rings. The number of carbonyl (C=O) groups excluding carboxylic acids is 1. The molecule has 1 fully saturated rings. The van der Waals surface area contributed by atoms with Crippen LogP contribution in [0.5, 0.6) is 0 Å². The van der Waals surface area contributed by atoms with Gasteiger partial charge in [0.05, 0.1) is 17.8 Å². The summed E-state index contributed by atoms with van der Waals surface area (Å²) in [7, 11) is 0. The molecule has 0 N–H and O–H groups in total. The SMILES string of the molecule is CCc1cc(C(F)(F)F)n2nc([C@H]3CCCN3C(=O)C[C@@H](C)n3cccn3)cc2n1. The van der Waals surface area contributed by atoms with Crippen LogP contribution in [0.25, 0.3) is 5.65 Å². The highest BCUT2D eigenvalue weighted by Crippen LogP contribution is 2.35. The molecule has 4 heterocycles. The molecule has 0 spiro atoms. The Morgan fingerprint density at radius 2 is 2.13 bits per heavy atom. The number of amides is 1. The largest absolute Gasteiger partial charge is 0.433 e. The predicted molar refractivity (Wildman–Crippen MR) is 103 cm³/mol. The molecule has 3 aromatic rings. The Morgan fingerprint density at radius 3 is 2.80 bits per heavy atom. The molecule has 2 atom stereocenters. The van der Waals surface area contributed by atoms with Crippen molar-refractivity contribution < 1.29 is 18.0 Å². The molecule has 1 amide bonds. The molecule has 160 valence electrons. The van der Waals surface area contributed by atoms with E-state index in [1.807, 2.05) is 6.92 Å². The van der Waals surface area contributed by atoms with Gasteiger partial charge in [-0.15, -0.1) is 0 Å². The fraction of sp³-hybridized carbons (Fsp3) is 0.500. The second-order valence-corrected chi connectivity index (χ2v) is 7.61. The van der Waals surface area contributed by atoms with Crippen molar-refractivity contribution in [2.24, 2.45) is 0 Å². The summed E-state index contributed by atoms with van der Waals surface area (Å²) in [6, 6.07) is 3.94. The van der Waals surface area contributed by atoms with Gasteiger partial charge in [-0.1, -0.05) is 6.92 Å². The minimum Gasteiger partial charge on any atom is -0.334 e. The van der Waals surface area contributed by atoms with E-state index >= 15 is 0 Å². The first-order valence-electron chi connectivity index (χ1n) is 10.0. The van der Waals surface area contributed by atoms with Crippen LogP contribution in [0.3, 0.4) is 0 Å². The zero-order chi connectivity index (χ0) is 21.5. The number of aryl methyl sites for hydroxylation is 1. The van der Waals surface area contributed by atoms with Crippen LogP contribution in [0.2, 0.25) is 0 Å². The van der Waals surface area contributed by atoms with Gasteiger partial charge in [-0.2, -0.15) is 23.4 Å².